The molecule has 0 saturated carbocycles. The summed E-state index contributed by atoms with van der Waals surface area (Å²) in [6.07, 6.45) is 6.75. The third kappa shape index (κ3) is 8.08. The minimum absolute atomic E-state index is 0.00823. The van der Waals surface area contributed by atoms with Crippen molar-refractivity contribution in [3.05, 3.63) is 223 Å². The third-order valence-corrected chi connectivity index (χ3v) is 13.6. The second-order valence-electron chi connectivity index (χ2n) is 20.2. The zero-order valence-electron chi connectivity index (χ0n) is 40.5. The lowest BCUT2D eigenvalue weighted by atomic mass is 9.86. The number of ether oxygens (including phenoxy) is 1. The molecule has 0 aliphatic carbocycles. The highest BCUT2D eigenvalue weighted by molar-refractivity contribution is 6.10. The number of pyridine rings is 1. The van der Waals surface area contributed by atoms with Gasteiger partial charge in [0.05, 0.1) is 33.4 Å². The summed E-state index contributed by atoms with van der Waals surface area (Å²) in [4.78, 5) is 5.22. The van der Waals surface area contributed by atoms with Crippen LogP contribution in [-0.2, 0) is 17.3 Å². The van der Waals surface area contributed by atoms with Gasteiger partial charge in [0.2, 0.25) is 0 Å². The molecule has 3 aromatic heterocycles. The van der Waals surface area contributed by atoms with Gasteiger partial charge in [0.15, 0.2) is 0 Å². The van der Waals surface area contributed by atoms with E-state index in [1.165, 1.54) is 27.6 Å². The van der Waals surface area contributed by atoms with Crippen molar-refractivity contribution in [2.24, 2.45) is 0 Å². The molecule has 0 unspecified atom stereocenters. The van der Waals surface area contributed by atoms with Crippen LogP contribution < -0.4 is 9.30 Å². The van der Waals surface area contributed by atoms with E-state index < -0.39 is 0 Å². The van der Waals surface area contributed by atoms with E-state index >= 15 is 0 Å². The lowest BCUT2D eigenvalue weighted by molar-refractivity contribution is -0.571. The molecule has 0 radical (unpaired) electrons. The number of rotatable bonds is 9. The lowest BCUT2D eigenvalue weighted by Crippen LogP contribution is -2.31. The van der Waals surface area contributed by atoms with Gasteiger partial charge in [-0.25, -0.2) is 4.98 Å². The third-order valence-electron chi connectivity index (χ3n) is 13.6. The predicted octanol–water partition coefficient (Wildman–Crippen LogP) is 16.2. The zero-order chi connectivity index (χ0) is 47.4. The van der Waals surface area contributed by atoms with Crippen LogP contribution in [0.15, 0.2) is 200 Å². The average Bonchev–Trinajstić information content (AvgIpc) is 3.91. The Morgan fingerprint density at radius 3 is 1.81 bits per heavy atom. The maximum absolute atomic E-state index is 6.86. The Labute approximate surface area is 405 Å². The largest absolute Gasteiger partial charge is 0.458 e. The summed E-state index contributed by atoms with van der Waals surface area (Å²) >= 11 is 0. The molecule has 0 fully saturated rings. The number of nitrogens with zero attached hydrogens (tertiary/aromatic N) is 4. The van der Waals surface area contributed by atoms with Crippen LogP contribution in [0.1, 0.15) is 65.2 Å². The SMILES string of the molecule is CCc1cc(-n2c3ccc(C(C)(C)C)cc3c3ccc(Oc4cccc(-n5[c-][n+](-c6c(-c7ccccc7)cccc6-c6ccccc6)c6ccccc65)c4)cc32)ncc1-c1ccc(C(C)(C)C)cc1. The van der Waals surface area contributed by atoms with Crippen LogP contribution in [0.2, 0.25) is 0 Å². The average molecular weight is 897 g/mol. The molecule has 0 aliphatic heterocycles. The van der Waals surface area contributed by atoms with Crippen molar-refractivity contribution in [1.82, 2.24) is 14.1 Å². The van der Waals surface area contributed by atoms with Crippen LogP contribution >= 0.6 is 0 Å². The van der Waals surface area contributed by atoms with Gasteiger partial charge in [0.1, 0.15) is 17.3 Å². The smallest absolute Gasteiger partial charge is 0.269 e. The van der Waals surface area contributed by atoms with Gasteiger partial charge in [0, 0.05) is 28.6 Å². The minimum Gasteiger partial charge on any atom is -0.458 e. The van der Waals surface area contributed by atoms with Crippen molar-refractivity contribution in [2.75, 3.05) is 0 Å². The van der Waals surface area contributed by atoms with Gasteiger partial charge < -0.3 is 4.74 Å². The van der Waals surface area contributed by atoms with Gasteiger partial charge in [-0.2, -0.15) is 0 Å². The fraction of sp³-hybridized carbons (Fsp3) is 0.156. The van der Waals surface area contributed by atoms with Crippen LogP contribution in [0, 0.1) is 6.33 Å². The molecule has 0 spiro atoms. The van der Waals surface area contributed by atoms with E-state index in [-0.39, 0.29) is 10.8 Å². The summed E-state index contributed by atoms with van der Waals surface area (Å²) < 4.78 is 13.5. The van der Waals surface area contributed by atoms with Crippen LogP contribution in [0.5, 0.6) is 11.5 Å². The number of hydrogen-bond acceptors (Lipinski definition) is 2. The lowest BCUT2D eigenvalue weighted by Gasteiger charge is -2.20. The summed E-state index contributed by atoms with van der Waals surface area (Å²) in [5.74, 6) is 2.36. The van der Waals surface area contributed by atoms with E-state index in [1.54, 1.807) is 0 Å². The van der Waals surface area contributed by atoms with Gasteiger partial charge in [-0.3, -0.25) is 13.7 Å². The number of fused-ring (bicyclic) bond motifs is 4. The van der Waals surface area contributed by atoms with Crippen LogP contribution in [-0.4, -0.2) is 14.1 Å². The van der Waals surface area contributed by atoms with E-state index in [4.69, 9.17) is 9.72 Å². The maximum Gasteiger partial charge on any atom is 0.269 e. The standard InChI is InChI=1S/C64H56N4O/c1-8-43-37-61(65-41-56(43)46-29-31-47(32-30-46)63(2,3)4)68-57-36-33-48(64(5,6)7)38-55(57)54-35-34-51(40-60(54)68)69-50-24-17-23-49(39-50)66-42-67(59-28-16-15-27-58(59)66)62-52(44-19-11-9-12-20-44)25-18-26-53(62)45-21-13-10-14-22-45/h9-41H,8H2,1-7H3. The molecule has 0 saturated heterocycles. The summed E-state index contributed by atoms with van der Waals surface area (Å²) in [6.45, 7) is 15.8. The first-order valence-corrected chi connectivity index (χ1v) is 24.1. The topological polar surface area (TPSA) is 35.9 Å². The van der Waals surface area contributed by atoms with Gasteiger partial charge in [-0.05, 0) is 110 Å². The van der Waals surface area contributed by atoms with Gasteiger partial charge in [0.25, 0.3) is 6.33 Å². The quantitative estimate of drug-likeness (QED) is 0.107. The summed E-state index contributed by atoms with van der Waals surface area (Å²) in [7, 11) is 0. The summed E-state index contributed by atoms with van der Waals surface area (Å²) in [5, 5.41) is 2.35. The maximum atomic E-state index is 6.86. The van der Waals surface area contributed by atoms with Gasteiger partial charge in [-0.1, -0.05) is 188 Å². The molecule has 0 amide bonds. The molecule has 0 atom stereocenters. The number of benzene rings is 8. The Morgan fingerprint density at radius 2 is 1.13 bits per heavy atom. The first-order valence-electron chi connectivity index (χ1n) is 24.1. The highest BCUT2D eigenvalue weighted by Gasteiger charge is 2.23. The summed E-state index contributed by atoms with van der Waals surface area (Å²) in [6, 6.07) is 69.2. The molecular formula is C64H56N4O. The second-order valence-corrected chi connectivity index (χ2v) is 20.2. The van der Waals surface area contributed by atoms with Crippen LogP contribution in [0.3, 0.4) is 0 Å². The fourth-order valence-electron chi connectivity index (χ4n) is 9.81. The number of aromatic nitrogens is 4. The molecular weight excluding hydrogens is 841 g/mol. The Kier molecular flexibility index (Phi) is 10.9. The van der Waals surface area contributed by atoms with Crippen LogP contribution in [0.25, 0.3) is 83.4 Å². The minimum atomic E-state index is -0.00823. The molecule has 338 valence electrons. The van der Waals surface area contributed by atoms with Crippen molar-refractivity contribution >= 4 is 32.8 Å². The Morgan fingerprint density at radius 1 is 0.507 bits per heavy atom. The zero-order valence-corrected chi connectivity index (χ0v) is 40.5. The van der Waals surface area contributed by atoms with E-state index in [2.05, 4.69) is 263 Å². The Hall–Kier alpha value is -8.02. The van der Waals surface area contributed by atoms with E-state index in [1.807, 2.05) is 6.07 Å². The summed E-state index contributed by atoms with van der Waals surface area (Å²) in [5.41, 5.74) is 17.1. The Bertz CT molecular complexity index is 3620. The molecule has 11 aromatic rings. The van der Waals surface area contributed by atoms with Crippen molar-refractivity contribution in [3.8, 4) is 62.1 Å². The van der Waals surface area contributed by atoms with Crippen molar-refractivity contribution in [3.63, 3.8) is 0 Å². The molecule has 0 aliphatic rings. The predicted molar refractivity (Wildman–Crippen MR) is 285 cm³/mol. The molecule has 5 nitrogen and oxygen atoms in total. The molecule has 0 N–H and O–H groups in total. The van der Waals surface area contributed by atoms with Crippen molar-refractivity contribution in [2.45, 2.75) is 65.7 Å². The van der Waals surface area contributed by atoms with Crippen LogP contribution in [0.4, 0.5) is 0 Å². The Balaban J connectivity index is 1.01. The highest BCUT2D eigenvalue weighted by Crippen LogP contribution is 2.40. The normalized spacial score (nSPS) is 12.0. The number of aryl methyl sites for hydroxylation is 1. The number of hydrogen-bond donors (Lipinski definition) is 0. The van der Waals surface area contributed by atoms with Crippen molar-refractivity contribution < 1.29 is 9.30 Å². The molecule has 5 heteroatoms. The van der Waals surface area contributed by atoms with E-state index in [0.717, 1.165) is 90.4 Å². The second kappa shape index (κ2) is 17.2. The monoisotopic (exact) mass is 896 g/mol. The molecule has 69 heavy (non-hydrogen) atoms. The van der Waals surface area contributed by atoms with E-state index in [0.29, 0.717) is 0 Å². The fourth-order valence-corrected chi connectivity index (χ4v) is 9.81. The molecule has 8 aromatic carbocycles. The van der Waals surface area contributed by atoms with Gasteiger partial charge >= 0.3 is 0 Å². The molecule has 11 rings (SSSR count). The number of para-hydroxylation sites is 3. The first-order chi connectivity index (χ1) is 33.4. The van der Waals surface area contributed by atoms with Crippen molar-refractivity contribution in [1.29, 1.82) is 0 Å². The molecule has 3 heterocycles. The highest BCUT2D eigenvalue weighted by atomic mass is 16.5. The van der Waals surface area contributed by atoms with Gasteiger partial charge in [-0.15, -0.1) is 0 Å². The number of imidazole rings is 1. The first kappa shape index (κ1) is 43.5. The molecule has 0 bridgehead atoms. The van der Waals surface area contributed by atoms with E-state index in [9.17, 15) is 0 Å².